The van der Waals surface area contributed by atoms with Crippen molar-refractivity contribution in [2.24, 2.45) is 5.92 Å². The van der Waals surface area contributed by atoms with E-state index in [0.29, 0.717) is 5.75 Å². The van der Waals surface area contributed by atoms with Gasteiger partial charge in [0.25, 0.3) is 15.9 Å². The maximum Gasteiger partial charge on any atom is 0.262 e. The van der Waals surface area contributed by atoms with E-state index >= 15 is 0 Å². The van der Waals surface area contributed by atoms with Gasteiger partial charge >= 0.3 is 0 Å². The van der Waals surface area contributed by atoms with Crippen LogP contribution in [0.2, 0.25) is 0 Å². The number of ether oxygens (including phenoxy) is 2. The van der Waals surface area contributed by atoms with Crippen LogP contribution in [0.25, 0.3) is 0 Å². The maximum atomic E-state index is 13.7. The first-order valence-electron chi connectivity index (χ1n) is 13.7. The summed E-state index contributed by atoms with van der Waals surface area (Å²) in [6, 6.07) is 16.3. The summed E-state index contributed by atoms with van der Waals surface area (Å²) in [5.41, 5.74) is 1.01. The fourth-order valence-corrected chi connectivity index (χ4v) is 6.99. The van der Waals surface area contributed by atoms with Crippen molar-refractivity contribution in [1.82, 2.24) is 9.21 Å². The molecule has 13 heteroatoms. The van der Waals surface area contributed by atoms with Crippen LogP contribution in [0.5, 0.6) is 11.5 Å². The number of hydrogen-bond donors (Lipinski definition) is 2. The molecular formula is C30H37N3O8S2. The van der Waals surface area contributed by atoms with Crippen LogP contribution in [0.4, 0.5) is 5.69 Å². The number of aryl methyl sites for hydroxylation is 1. The van der Waals surface area contributed by atoms with Crippen LogP contribution in [0.3, 0.4) is 0 Å². The summed E-state index contributed by atoms with van der Waals surface area (Å²) in [6.45, 7) is 5.16. The molecule has 232 valence electrons. The smallest absolute Gasteiger partial charge is 0.262 e. The average Bonchev–Trinajstić information content (AvgIpc) is 2.98. The van der Waals surface area contributed by atoms with Gasteiger partial charge in [-0.25, -0.2) is 16.8 Å². The van der Waals surface area contributed by atoms with E-state index in [1.165, 1.54) is 78.0 Å². The van der Waals surface area contributed by atoms with E-state index in [2.05, 4.69) is 4.72 Å². The van der Waals surface area contributed by atoms with Gasteiger partial charge in [0.1, 0.15) is 11.9 Å². The van der Waals surface area contributed by atoms with E-state index in [0.717, 1.165) is 5.56 Å². The second-order valence-corrected chi connectivity index (χ2v) is 14.4. The van der Waals surface area contributed by atoms with Gasteiger partial charge in [-0.1, -0.05) is 30.7 Å². The summed E-state index contributed by atoms with van der Waals surface area (Å²) in [7, 11) is -5.09. The molecule has 0 spiro atoms. The van der Waals surface area contributed by atoms with Gasteiger partial charge < -0.3 is 19.5 Å². The number of nitrogens with zero attached hydrogens (tertiary/aromatic N) is 2. The number of para-hydroxylation sites is 1. The number of aliphatic hydroxyl groups is 1. The highest BCUT2D eigenvalue weighted by Crippen LogP contribution is 2.36. The normalized spacial score (nSPS) is 18.3. The Bertz CT molecular complexity index is 1660. The molecule has 0 fully saturated rings. The molecule has 3 atom stereocenters. The van der Waals surface area contributed by atoms with Crippen molar-refractivity contribution in [3.63, 3.8) is 0 Å². The molecule has 43 heavy (non-hydrogen) atoms. The van der Waals surface area contributed by atoms with Gasteiger partial charge in [-0.15, -0.1) is 0 Å². The Morgan fingerprint density at radius 1 is 1.05 bits per heavy atom. The Hall–Kier alpha value is -3.65. The number of likely N-dealkylation sites (N-methyl/N-ethyl adjacent to an activating group) is 1. The van der Waals surface area contributed by atoms with Gasteiger partial charge in [0.15, 0.2) is 5.75 Å². The number of fused-ring (bicyclic) bond motifs is 1. The fourth-order valence-electron chi connectivity index (χ4n) is 4.74. The lowest BCUT2D eigenvalue weighted by molar-refractivity contribution is 0.0389. The lowest BCUT2D eigenvalue weighted by Crippen LogP contribution is -2.50. The predicted octanol–water partition coefficient (Wildman–Crippen LogP) is 3.35. The zero-order chi connectivity index (χ0) is 31.5. The van der Waals surface area contributed by atoms with E-state index in [4.69, 9.17) is 9.47 Å². The molecule has 3 aromatic rings. The number of hydrogen-bond acceptors (Lipinski definition) is 8. The number of rotatable bonds is 10. The Labute approximate surface area is 253 Å². The lowest BCUT2D eigenvalue weighted by Gasteiger charge is -2.38. The number of sulfonamides is 2. The van der Waals surface area contributed by atoms with E-state index in [-0.39, 0.29) is 46.5 Å². The lowest BCUT2D eigenvalue weighted by atomic mass is 9.99. The standard InChI is InChI=1S/C30H37N3O8S2/c1-20-9-13-25(14-10-20)43(38,39)32(4)18-28-21(2)17-33(22(3)19-34)30(35)26-7-6-8-27(29(26)41-28)31-42(36,37)24-15-11-23(40-5)12-16-24/h6-16,21-22,28,31,34H,17-19H2,1-5H3/t21-,22+,28-/m1/s1. The van der Waals surface area contributed by atoms with E-state index < -0.39 is 44.0 Å². The molecule has 0 unspecified atom stereocenters. The van der Waals surface area contributed by atoms with Crippen molar-refractivity contribution in [3.8, 4) is 11.5 Å². The fraction of sp³-hybridized carbons (Fsp3) is 0.367. The molecule has 11 nitrogen and oxygen atoms in total. The topological polar surface area (TPSA) is 143 Å². The van der Waals surface area contributed by atoms with Crippen molar-refractivity contribution in [2.45, 2.75) is 42.7 Å². The molecule has 0 bridgehead atoms. The number of methoxy groups -OCH3 is 1. The first-order valence-corrected chi connectivity index (χ1v) is 16.6. The first-order chi connectivity index (χ1) is 20.3. The van der Waals surface area contributed by atoms with E-state index in [1.807, 2.05) is 13.8 Å². The highest BCUT2D eigenvalue weighted by molar-refractivity contribution is 7.92. The van der Waals surface area contributed by atoms with Crippen LogP contribution in [0, 0.1) is 12.8 Å². The number of carbonyl (C=O) groups excluding carboxylic acids is 1. The summed E-state index contributed by atoms with van der Waals surface area (Å²) >= 11 is 0. The molecule has 1 aliphatic rings. The third-order valence-corrected chi connectivity index (χ3v) is 10.7. The van der Waals surface area contributed by atoms with Gasteiger partial charge in [0.05, 0.1) is 47.3 Å². The number of anilines is 1. The summed E-state index contributed by atoms with van der Waals surface area (Å²) in [5, 5.41) is 9.92. The van der Waals surface area contributed by atoms with Gasteiger partial charge in [0, 0.05) is 19.5 Å². The van der Waals surface area contributed by atoms with Gasteiger partial charge in [-0.2, -0.15) is 4.31 Å². The Morgan fingerprint density at radius 2 is 1.67 bits per heavy atom. The predicted molar refractivity (Wildman–Crippen MR) is 162 cm³/mol. The van der Waals surface area contributed by atoms with Crippen molar-refractivity contribution in [1.29, 1.82) is 0 Å². The molecule has 0 saturated carbocycles. The number of nitrogens with one attached hydrogen (secondary N) is 1. The van der Waals surface area contributed by atoms with Crippen LogP contribution in [0.1, 0.15) is 29.8 Å². The quantitative estimate of drug-likeness (QED) is 0.347. The molecule has 0 saturated heterocycles. The van der Waals surface area contributed by atoms with E-state index in [9.17, 15) is 26.7 Å². The number of aliphatic hydroxyl groups excluding tert-OH is 1. The summed E-state index contributed by atoms with van der Waals surface area (Å²) in [4.78, 5) is 15.3. The van der Waals surface area contributed by atoms with Crippen molar-refractivity contribution < 1.29 is 36.2 Å². The molecule has 3 aromatic carbocycles. The number of benzene rings is 3. The largest absolute Gasteiger partial charge is 0.497 e. The van der Waals surface area contributed by atoms with Gasteiger partial charge in [-0.3, -0.25) is 9.52 Å². The maximum absolute atomic E-state index is 13.7. The van der Waals surface area contributed by atoms with Crippen LogP contribution in [-0.2, 0) is 20.0 Å². The van der Waals surface area contributed by atoms with Crippen LogP contribution >= 0.6 is 0 Å². The molecule has 0 radical (unpaired) electrons. The zero-order valence-electron chi connectivity index (χ0n) is 24.7. The van der Waals surface area contributed by atoms with Crippen LogP contribution < -0.4 is 14.2 Å². The van der Waals surface area contributed by atoms with Crippen molar-refractivity contribution in [2.75, 3.05) is 38.6 Å². The molecule has 2 N–H and O–H groups in total. The molecular weight excluding hydrogens is 594 g/mol. The second-order valence-electron chi connectivity index (χ2n) is 10.7. The molecule has 4 rings (SSSR count). The van der Waals surface area contributed by atoms with Crippen LogP contribution in [0.15, 0.2) is 76.5 Å². The van der Waals surface area contributed by atoms with Crippen molar-refractivity contribution in [3.05, 3.63) is 77.9 Å². The third-order valence-electron chi connectivity index (χ3n) is 7.47. The first kappa shape index (κ1) is 32.3. The Balaban J connectivity index is 1.75. The minimum Gasteiger partial charge on any atom is -0.497 e. The van der Waals surface area contributed by atoms with Crippen molar-refractivity contribution >= 4 is 31.6 Å². The summed E-state index contributed by atoms with van der Waals surface area (Å²) in [5.74, 6) is -0.407. The molecule has 0 aromatic heterocycles. The van der Waals surface area contributed by atoms with E-state index in [1.54, 1.807) is 19.1 Å². The number of amides is 1. The average molecular weight is 632 g/mol. The summed E-state index contributed by atoms with van der Waals surface area (Å²) in [6.07, 6.45) is -0.794. The Kier molecular flexibility index (Phi) is 9.70. The molecule has 1 heterocycles. The third kappa shape index (κ3) is 6.96. The SMILES string of the molecule is COc1ccc(S(=O)(=O)Nc2cccc3c2O[C@H](CN(C)S(=O)(=O)c2ccc(C)cc2)[C@H](C)CN([C@@H](C)CO)C3=O)cc1. The molecule has 1 aliphatic heterocycles. The monoisotopic (exact) mass is 631 g/mol. The minimum atomic E-state index is -4.12. The molecule has 0 aliphatic carbocycles. The van der Waals surface area contributed by atoms with Gasteiger partial charge in [0.2, 0.25) is 10.0 Å². The summed E-state index contributed by atoms with van der Waals surface area (Å²) < 4.78 is 68.8. The van der Waals surface area contributed by atoms with Crippen LogP contribution in [-0.4, -0.2) is 83.1 Å². The molecule has 1 amide bonds. The van der Waals surface area contributed by atoms with Gasteiger partial charge in [-0.05, 0) is 62.4 Å². The zero-order valence-corrected chi connectivity index (χ0v) is 26.4. The Morgan fingerprint density at radius 3 is 2.28 bits per heavy atom. The number of carbonyl (C=O) groups is 1. The second kappa shape index (κ2) is 12.9. The highest BCUT2D eigenvalue weighted by Gasteiger charge is 2.36. The minimum absolute atomic E-state index is 0.0152. The highest BCUT2D eigenvalue weighted by atomic mass is 32.2.